The molecule has 0 aliphatic rings. The van der Waals surface area contributed by atoms with Gasteiger partial charge in [-0.05, 0) is 31.9 Å². The van der Waals surface area contributed by atoms with Crippen molar-refractivity contribution in [2.45, 2.75) is 39.7 Å². The van der Waals surface area contributed by atoms with Crippen LogP contribution in [0.2, 0.25) is 5.02 Å². The van der Waals surface area contributed by atoms with Gasteiger partial charge >= 0.3 is 5.97 Å². The van der Waals surface area contributed by atoms with Crippen LogP contribution in [0.3, 0.4) is 0 Å². The Balaban J connectivity index is 2.65. The van der Waals surface area contributed by atoms with Crippen LogP contribution < -0.4 is 10.1 Å². The van der Waals surface area contributed by atoms with Gasteiger partial charge in [0.2, 0.25) is 0 Å². The number of nitrogens with one attached hydrogen (secondary N) is 1. The molecule has 5 nitrogen and oxygen atoms in total. The van der Waals surface area contributed by atoms with Gasteiger partial charge < -0.3 is 15.2 Å². The van der Waals surface area contributed by atoms with Crippen molar-refractivity contribution >= 4 is 23.5 Å². The van der Waals surface area contributed by atoms with Crippen molar-refractivity contribution < 1.29 is 19.4 Å². The van der Waals surface area contributed by atoms with Gasteiger partial charge in [0.1, 0.15) is 5.75 Å². The van der Waals surface area contributed by atoms with Crippen LogP contribution >= 0.6 is 11.6 Å². The lowest BCUT2D eigenvalue weighted by Crippen LogP contribution is -2.46. The standard InChI is InChI=1S/C16H22ClNO4/c1-4-16(5-2,15(20)21)10-18-14(19)11(3)22-13-9-7-6-8-12(13)17/h6-9,11H,4-5,10H2,1-3H3,(H,18,19)(H,20,21). The topological polar surface area (TPSA) is 75.6 Å². The molecule has 1 aromatic rings. The van der Waals surface area contributed by atoms with Crippen molar-refractivity contribution in [2.75, 3.05) is 6.54 Å². The number of para-hydroxylation sites is 1. The largest absolute Gasteiger partial charge is 0.481 e. The lowest BCUT2D eigenvalue weighted by Gasteiger charge is -2.27. The molecule has 2 N–H and O–H groups in total. The summed E-state index contributed by atoms with van der Waals surface area (Å²) in [5, 5.41) is 12.4. The normalized spacial score (nSPS) is 12.5. The Kier molecular flexibility index (Phi) is 6.68. The number of carboxylic acid groups (broad SMARTS) is 1. The first-order chi connectivity index (χ1) is 10.4. The maximum Gasteiger partial charge on any atom is 0.311 e. The van der Waals surface area contributed by atoms with E-state index in [1.807, 2.05) is 0 Å². The highest BCUT2D eigenvalue weighted by Crippen LogP contribution is 2.26. The van der Waals surface area contributed by atoms with Crippen molar-refractivity contribution in [3.05, 3.63) is 29.3 Å². The van der Waals surface area contributed by atoms with Crippen LogP contribution in [0.25, 0.3) is 0 Å². The number of ether oxygens (including phenoxy) is 1. The maximum absolute atomic E-state index is 12.1. The van der Waals surface area contributed by atoms with E-state index in [2.05, 4.69) is 5.32 Å². The number of carboxylic acids is 1. The summed E-state index contributed by atoms with van der Waals surface area (Å²) in [6.45, 7) is 5.27. The second-order valence-corrected chi connectivity index (χ2v) is 5.61. The number of carbonyl (C=O) groups excluding carboxylic acids is 1. The Morgan fingerprint density at radius 3 is 2.41 bits per heavy atom. The summed E-state index contributed by atoms with van der Waals surface area (Å²) in [5.41, 5.74) is -0.945. The minimum Gasteiger partial charge on any atom is -0.481 e. The molecule has 0 saturated heterocycles. The van der Waals surface area contributed by atoms with Crippen LogP contribution in [0.4, 0.5) is 0 Å². The van der Waals surface area contributed by atoms with E-state index in [-0.39, 0.29) is 12.5 Å². The Morgan fingerprint density at radius 2 is 1.91 bits per heavy atom. The van der Waals surface area contributed by atoms with Gasteiger partial charge in [-0.1, -0.05) is 37.6 Å². The average molecular weight is 328 g/mol. The molecule has 0 aliphatic carbocycles. The third kappa shape index (κ3) is 4.37. The highest BCUT2D eigenvalue weighted by atomic mass is 35.5. The van der Waals surface area contributed by atoms with Gasteiger partial charge in [0, 0.05) is 6.54 Å². The van der Waals surface area contributed by atoms with Crippen molar-refractivity contribution in [1.29, 1.82) is 0 Å². The summed E-state index contributed by atoms with van der Waals surface area (Å²) in [4.78, 5) is 23.5. The zero-order chi connectivity index (χ0) is 16.8. The zero-order valence-electron chi connectivity index (χ0n) is 13.1. The third-order valence-electron chi connectivity index (χ3n) is 3.92. The van der Waals surface area contributed by atoms with Gasteiger partial charge in [0.05, 0.1) is 10.4 Å². The lowest BCUT2D eigenvalue weighted by molar-refractivity contribution is -0.149. The number of amides is 1. The highest BCUT2D eigenvalue weighted by Gasteiger charge is 2.35. The number of rotatable bonds is 8. The maximum atomic E-state index is 12.1. The van der Waals surface area contributed by atoms with Gasteiger partial charge in [-0.2, -0.15) is 0 Å². The SMILES string of the molecule is CCC(CC)(CNC(=O)C(C)Oc1ccccc1Cl)C(=O)O. The molecule has 0 saturated carbocycles. The number of aliphatic carboxylic acids is 1. The quantitative estimate of drug-likeness (QED) is 0.769. The molecule has 0 spiro atoms. The molecule has 1 amide bonds. The van der Waals surface area contributed by atoms with E-state index < -0.39 is 17.5 Å². The fourth-order valence-electron chi connectivity index (χ4n) is 2.06. The molecule has 0 aliphatic heterocycles. The van der Waals surface area contributed by atoms with Crippen LogP contribution in [-0.4, -0.2) is 29.6 Å². The molecule has 1 rings (SSSR count). The van der Waals surface area contributed by atoms with E-state index >= 15 is 0 Å². The van der Waals surface area contributed by atoms with Crippen molar-refractivity contribution in [3.63, 3.8) is 0 Å². The fraction of sp³-hybridized carbons (Fsp3) is 0.500. The first-order valence-electron chi connectivity index (χ1n) is 7.28. The van der Waals surface area contributed by atoms with E-state index in [9.17, 15) is 14.7 Å². The van der Waals surface area contributed by atoms with Crippen LogP contribution in [-0.2, 0) is 9.59 Å². The predicted octanol–water partition coefficient (Wildman–Crippen LogP) is 3.11. The van der Waals surface area contributed by atoms with Gasteiger partial charge in [0.25, 0.3) is 5.91 Å². The summed E-state index contributed by atoms with van der Waals surface area (Å²) >= 11 is 5.97. The lowest BCUT2D eigenvalue weighted by atomic mass is 9.82. The zero-order valence-corrected chi connectivity index (χ0v) is 13.8. The molecule has 0 bridgehead atoms. The van der Waals surface area contributed by atoms with E-state index in [1.54, 1.807) is 45.0 Å². The van der Waals surface area contributed by atoms with E-state index in [0.717, 1.165) is 0 Å². The monoisotopic (exact) mass is 327 g/mol. The summed E-state index contributed by atoms with van der Waals surface area (Å²) in [7, 11) is 0. The molecular weight excluding hydrogens is 306 g/mol. The summed E-state index contributed by atoms with van der Waals surface area (Å²) < 4.78 is 5.51. The summed E-state index contributed by atoms with van der Waals surface area (Å²) in [6, 6.07) is 6.87. The minimum atomic E-state index is -0.945. The Hall–Kier alpha value is -1.75. The van der Waals surface area contributed by atoms with Crippen LogP contribution in [0, 0.1) is 5.41 Å². The molecule has 1 atom stereocenters. The number of hydrogen-bond acceptors (Lipinski definition) is 3. The molecule has 0 radical (unpaired) electrons. The smallest absolute Gasteiger partial charge is 0.311 e. The van der Waals surface area contributed by atoms with Crippen LogP contribution in [0.5, 0.6) is 5.75 Å². The highest BCUT2D eigenvalue weighted by molar-refractivity contribution is 6.32. The van der Waals surface area contributed by atoms with Crippen LogP contribution in [0.15, 0.2) is 24.3 Å². The second-order valence-electron chi connectivity index (χ2n) is 5.20. The van der Waals surface area contributed by atoms with E-state index in [0.29, 0.717) is 23.6 Å². The first kappa shape index (κ1) is 18.3. The van der Waals surface area contributed by atoms with Gasteiger partial charge in [-0.15, -0.1) is 0 Å². The Bertz CT molecular complexity index is 529. The predicted molar refractivity (Wildman–Crippen MR) is 85.2 cm³/mol. The van der Waals surface area contributed by atoms with Crippen molar-refractivity contribution in [2.24, 2.45) is 5.41 Å². The number of benzene rings is 1. The molecule has 6 heteroatoms. The Morgan fingerprint density at radius 1 is 1.32 bits per heavy atom. The molecule has 22 heavy (non-hydrogen) atoms. The Labute approximate surface area is 135 Å². The fourth-order valence-corrected chi connectivity index (χ4v) is 2.24. The van der Waals surface area contributed by atoms with Gasteiger partial charge in [-0.25, -0.2) is 0 Å². The van der Waals surface area contributed by atoms with Crippen LogP contribution in [0.1, 0.15) is 33.6 Å². The molecule has 0 aromatic heterocycles. The molecule has 0 fully saturated rings. The van der Waals surface area contributed by atoms with Crippen molar-refractivity contribution in [3.8, 4) is 5.75 Å². The summed E-state index contributed by atoms with van der Waals surface area (Å²) in [6.07, 6.45) is 0.123. The average Bonchev–Trinajstić information content (AvgIpc) is 2.50. The molecular formula is C16H22ClNO4. The number of halogens is 1. The summed E-state index contributed by atoms with van der Waals surface area (Å²) in [5.74, 6) is -0.854. The van der Waals surface area contributed by atoms with Crippen molar-refractivity contribution in [1.82, 2.24) is 5.32 Å². The molecule has 122 valence electrons. The minimum absolute atomic E-state index is 0.0738. The first-order valence-corrected chi connectivity index (χ1v) is 7.66. The van der Waals surface area contributed by atoms with E-state index in [1.165, 1.54) is 0 Å². The molecule has 0 heterocycles. The van der Waals surface area contributed by atoms with Gasteiger partial charge in [0.15, 0.2) is 6.10 Å². The third-order valence-corrected chi connectivity index (χ3v) is 4.23. The number of hydrogen-bond donors (Lipinski definition) is 2. The molecule has 1 aromatic carbocycles. The molecule has 1 unspecified atom stereocenters. The second kappa shape index (κ2) is 8.03. The van der Waals surface area contributed by atoms with Gasteiger partial charge in [-0.3, -0.25) is 9.59 Å². The number of carbonyl (C=O) groups is 2. The van der Waals surface area contributed by atoms with E-state index in [4.69, 9.17) is 16.3 Å².